The molecule has 2 heterocycles. The zero-order chi connectivity index (χ0) is 15.4. The van der Waals surface area contributed by atoms with E-state index in [1.165, 1.54) is 0 Å². The number of hydrogen-bond acceptors (Lipinski definition) is 4. The number of nitrogens with zero attached hydrogens (tertiary/aromatic N) is 3. The standard InChI is InChI=1S/C16H16N4O2/c1-12-9-15(22-19-12)16(21)17-10-13-5-2-3-6-14(13)11-20-8-4-7-18-20/h2-9H,10-11H2,1H3,(H,17,21). The molecule has 0 saturated carbocycles. The van der Waals surface area contributed by atoms with Crippen molar-refractivity contribution in [2.24, 2.45) is 0 Å². The van der Waals surface area contributed by atoms with Crippen LogP contribution in [0.4, 0.5) is 0 Å². The van der Waals surface area contributed by atoms with E-state index in [-0.39, 0.29) is 11.7 Å². The van der Waals surface area contributed by atoms with E-state index >= 15 is 0 Å². The van der Waals surface area contributed by atoms with Crippen LogP contribution in [-0.2, 0) is 13.1 Å². The van der Waals surface area contributed by atoms with E-state index in [9.17, 15) is 4.79 Å². The van der Waals surface area contributed by atoms with Crippen molar-refractivity contribution in [3.05, 3.63) is 71.4 Å². The predicted octanol–water partition coefficient (Wildman–Crippen LogP) is 2.16. The number of aromatic nitrogens is 3. The second-order valence-electron chi connectivity index (χ2n) is 4.99. The fraction of sp³-hybridized carbons (Fsp3) is 0.188. The van der Waals surface area contributed by atoms with Crippen molar-refractivity contribution >= 4 is 5.91 Å². The number of benzene rings is 1. The van der Waals surface area contributed by atoms with Crippen LogP contribution in [0.3, 0.4) is 0 Å². The third-order valence-electron chi connectivity index (χ3n) is 3.30. The minimum atomic E-state index is -0.269. The van der Waals surface area contributed by atoms with Crippen LogP contribution in [-0.4, -0.2) is 20.8 Å². The van der Waals surface area contributed by atoms with Gasteiger partial charge in [0.25, 0.3) is 5.91 Å². The van der Waals surface area contributed by atoms with Gasteiger partial charge in [0.1, 0.15) is 0 Å². The Morgan fingerprint density at radius 3 is 2.77 bits per heavy atom. The van der Waals surface area contributed by atoms with Crippen LogP contribution in [0.25, 0.3) is 0 Å². The van der Waals surface area contributed by atoms with Crippen molar-refractivity contribution in [3.8, 4) is 0 Å². The highest BCUT2D eigenvalue weighted by Gasteiger charge is 2.12. The Labute approximate surface area is 127 Å². The van der Waals surface area contributed by atoms with E-state index in [2.05, 4.69) is 15.6 Å². The Balaban J connectivity index is 1.68. The maximum atomic E-state index is 12.0. The maximum absolute atomic E-state index is 12.0. The van der Waals surface area contributed by atoms with Crippen LogP contribution in [0.5, 0.6) is 0 Å². The van der Waals surface area contributed by atoms with Crippen LogP contribution in [0.1, 0.15) is 27.4 Å². The first-order valence-electron chi connectivity index (χ1n) is 6.98. The zero-order valence-corrected chi connectivity index (χ0v) is 12.2. The summed E-state index contributed by atoms with van der Waals surface area (Å²) in [6, 6.07) is 11.4. The van der Waals surface area contributed by atoms with Crippen LogP contribution in [0, 0.1) is 6.92 Å². The van der Waals surface area contributed by atoms with Crippen molar-refractivity contribution < 1.29 is 9.32 Å². The van der Waals surface area contributed by atoms with E-state index in [4.69, 9.17) is 4.52 Å². The fourth-order valence-corrected chi connectivity index (χ4v) is 2.19. The second kappa shape index (κ2) is 6.26. The van der Waals surface area contributed by atoms with Gasteiger partial charge in [0.2, 0.25) is 5.76 Å². The molecule has 1 amide bonds. The third kappa shape index (κ3) is 3.22. The van der Waals surface area contributed by atoms with Crippen molar-refractivity contribution in [1.82, 2.24) is 20.3 Å². The molecule has 3 aromatic rings. The SMILES string of the molecule is Cc1cc(C(=O)NCc2ccccc2Cn2cccn2)on1. The summed E-state index contributed by atoms with van der Waals surface area (Å²) in [5.41, 5.74) is 2.84. The van der Waals surface area contributed by atoms with Gasteiger partial charge >= 0.3 is 0 Å². The molecule has 0 aliphatic heterocycles. The smallest absolute Gasteiger partial charge is 0.290 e. The van der Waals surface area contributed by atoms with E-state index in [0.29, 0.717) is 18.8 Å². The molecule has 0 saturated heterocycles. The molecule has 0 aliphatic carbocycles. The van der Waals surface area contributed by atoms with Crippen LogP contribution in [0.15, 0.2) is 53.3 Å². The molecule has 0 spiro atoms. The Morgan fingerprint density at radius 1 is 1.27 bits per heavy atom. The molecular formula is C16H16N4O2. The average Bonchev–Trinajstić information content (AvgIpc) is 3.18. The molecule has 2 aromatic heterocycles. The van der Waals surface area contributed by atoms with Gasteiger partial charge in [-0.3, -0.25) is 9.48 Å². The van der Waals surface area contributed by atoms with E-state index in [0.717, 1.165) is 11.1 Å². The lowest BCUT2D eigenvalue weighted by Crippen LogP contribution is -2.23. The molecule has 1 N–H and O–H groups in total. The molecule has 0 fully saturated rings. The van der Waals surface area contributed by atoms with Crippen molar-refractivity contribution in [3.63, 3.8) is 0 Å². The van der Waals surface area contributed by atoms with Crippen molar-refractivity contribution in [1.29, 1.82) is 0 Å². The molecule has 1 aromatic carbocycles. The molecule has 0 unspecified atom stereocenters. The minimum Gasteiger partial charge on any atom is -0.351 e. The Bertz CT molecular complexity index is 762. The lowest BCUT2D eigenvalue weighted by molar-refractivity contribution is 0.0914. The summed E-state index contributed by atoms with van der Waals surface area (Å²) >= 11 is 0. The van der Waals surface area contributed by atoms with Gasteiger partial charge in [-0.2, -0.15) is 5.10 Å². The number of nitrogens with one attached hydrogen (secondary N) is 1. The lowest BCUT2D eigenvalue weighted by Gasteiger charge is -2.10. The monoisotopic (exact) mass is 296 g/mol. The summed E-state index contributed by atoms with van der Waals surface area (Å²) in [6.07, 6.45) is 3.66. The number of carbonyl (C=O) groups is 1. The van der Waals surface area contributed by atoms with Gasteiger partial charge in [-0.05, 0) is 24.1 Å². The van der Waals surface area contributed by atoms with Crippen molar-refractivity contribution in [2.45, 2.75) is 20.0 Å². The zero-order valence-electron chi connectivity index (χ0n) is 12.2. The van der Waals surface area contributed by atoms with Crippen LogP contribution >= 0.6 is 0 Å². The summed E-state index contributed by atoms with van der Waals surface area (Å²) in [4.78, 5) is 12.0. The van der Waals surface area contributed by atoms with Crippen LogP contribution < -0.4 is 5.32 Å². The molecule has 3 rings (SSSR count). The molecule has 112 valence electrons. The number of carbonyl (C=O) groups excluding carboxylic acids is 1. The third-order valence-corrected chi connectivity index (χ3v) is 3.30. The highest BCUT2D eigenvalue weighted by Crippen LogP contribution is 2.11. The first kappa shape index (κ1) is 14.1. The normalized spacial score (nSPS) is 10.6. The van der Waals surface area contributed by atoms with Gasteiger partial charge in [0, 0.05) is 25.0 Å². The fourth-order valence-electron chi connectivity index (χ4n) is 2.19. The van der Waals surface area contributed by atoms with Gasteiger partial charge in [0.05, 0.1) is 12.2 Å². The van der Waals surface area contributed by atoms with E-state index in [1.54, 1.807) is 19.2 Å². The van der Waals surface area contributed by atoms with Gasteiger partial charge in [0.15, 0.2) is 0 Å². The van der Waals surface area contributed by atoms with Gasteiger partial charge in [-0.15, -0.1) is 0 Å². The van der Waals surface area contributed by atoms with E-state index < -0.39 is 0 Å². The number of hydrogen-bond donors (Lipinski definition) is 1. The molecular weight excluding hydrogens is 280 g/mol. The largest absolute Gasteiger partial charge is 0.351 e. The summed E-state index contributed by atoms with van der Waals surface area (Å²) in [5, 5.41) is 10.8. The molecule has 0 atom stereocenters. The van der Waals surface area contributed by atoms with Crippen LogP contribution in [0.2, 0.25) is 0 Å². The Hall–Kier alpha value is -2.89. The molecule has 0 radical (unpaired) electrons. The highest BCUT2D eigenvalue weighted by atomic mass is 16.5. The highest BCUT2D eigenvalue weighted by molar-refractivity contribution is 5.91. The first-order valence-corrected chi connectivity index (χ1v) is 6.98. The van der Waals surface area contributed by atoms with Crippen molar-refractivity contribution in [2.75, 3.05) is 0 Å². The molecule has 6 nitrogen and oxygen atoms in total. The average molecular weight is 296 g/mol. The molecule has 0 aliphatic rings. The van der Waals surface area contributed by atoms with Gasteiger partial charge in [-0.25, -0.2) is 0 Å². The number of amides is 1. The molecule has 0 bridgehead atoms. The Kier molecular flexibility index (Phi) is 4.00. The van der Waals surface area contributed by atoms with Gasteiger partial charge < -0.3 is 9.84 Å². The first-order chi connectivity index (χ1) is 10.7. The Morgan fingerprint density at radius 2 is 2.09 bits per heavy atom. The topological polar surface area (TPSA) is 73.0 Å². The molecule has 22 heavy (non-hydrogen) atoms. The van der Waals surface area contributed by atoms with Gasteiger partial charge in [-0.1, -0.05) is 29.4 Å². The summed E-state index contributed by atoms with van der Waals surface area (Å²) in [6.45, 7) is 2.87. The minimum absolute atomic E-state index is 0.224. The maximum Gasteiger partial charge on any atom is 0.290 e. The number of rotatable bonds is 5. The molecule has 6 heteroatoms. The summed E-state index contributed by atoms with van der Waals surface area (Å²) in [5.74, 6) is -0.0449. The summed E-state index contributed by atoms with van der Waals surface area (Å²) < 4.78 is 6.80. The predicted molar refractivity (Wildman–Crippen MR) is 80.2 cm³/mol. The summed E-state index contributed by atoms with van der Waals surface area (Å²) in [7, 11) is 0. The lowest BCUT2D eigenvalue weighted by atomic mass is 10.1. The van der Waals surface area contributed by atoms with E-state index in [1.807, 2.05) is 41.2 Å². The second-order valence-corrected chi connectivity index (χ2v) is 4.99. The quantitative estimate of drug-likeness (QED) is 0.783. The number of aryl methyl sites for hydroxylation is 1.